The standard InChI is InChI=1S/C11H8FNO4/c1-17-13-9(11(15)16)5-6-4-7(12)2-3-8(6)10(13)14/h2-5H,1H3,(H,15,16). The summed E-state index contributed by atoms with van der Waals surface area (Å²) in [6, 6.07) is 4.70. The van der Waals surface area contributed by atoms with Crippen molar-refractivity contribution in [2.24, 2.45) is 0 Å². The minimum Gasteiger partial charge on any atom is -0.476 e. The van der Waals surface area contributed by atoms with Crippen LogP contribution >= 0.6 is 0 Å². The molecule has 0 fully saturated rings. The number of aromatic carboxylic acids is 1. The van der Waals surface area contributed by atoms with Gasteiger partial charge in [0.2, 0.25) is 0 Å². The molecule has 1 aromatic carbocycles. The molecule has 2 rings (SSSR count). The molecule has 0 aliphatic rings. The lowest BCUT2D eigenvalue weighted by atomic mass is 10.1. The zero-order chi connectivity index (χ0) is 12.6. The lowest BCUT2D eigenvalue weighted by molar-refractivity contribution is 0.0630. The highest BCUT2D eigenvalue weighted by Crippen LogP contribution is 2.13. The fourth-order valence-corrected chi connectivity index (χ4v) is 1.60. The molecule has 1 aromatic heterocycles. The molecule has 1 N–H and O–H groups in total. The van der Waals surface area contributed by atoms with Crippen LogP contribution < -0.4 is 10.4 Å². The average molecular weight is 237 g/mol. The number of nitrogens with zero attached hydrogens (tertiary/aromatic N) is 1. The van der Waals surface area contributed by atoms with Crippen LogP contribution in [0.1, 0.15) is 10.5 Å². The van der Waals surface area contributed by atoms with Crippen molar-refractivity contribution in [1.29, 1.82) is 0 Å². The van der Waals surface area contributed by atoms with Crippen LogP contribution in [0.2, 0.25) is 0 Å². The molecule has 0 bridgehead atoms. The smallest absolute Gasteiger partial charge is 0.356 e. The van der Waals surface area contributed by atoms with E-state index < -0.39 is 17.3 Å². The summed E-state index contributed by atoms with van der Waals surface area (Å²) in [5.74, 6) is -1.86. The fourth-order valence-electron chi connectivity index (χ4n) is 1.60. The Bertz CT molecular complexity index is 662. The van der Waals surface area contributed by atoms with E-state index in [0.29, 0.717) is 4.73 Å². The van der Waals surface area contributed by atoms with E-state index >= 15 is 0 Å². The van der Waals surface area contributed by atoms with Gasteiger partial charge in [-0.25, -0.2) is 9.18 Å². The van der Waals surface area contributed by atoms with Crippen LogP contribution in [0.3, 0.4) is 0 Å². The summed E-state index contributed by atoms with van der Waals surface area (Å²) in [6.07, 6.45) is 0. The second-order valence-corrected chi connectivity index (χ2v) is 3.35. The maximum absolute atomic E-state index is 13.0. The molecule has 0 saturated carbocycles. The first kappa shape index (κ1) is 11.1. The van der Waals surface area contributed by atoms with E-state index in [1.165, 1.54) is 19.2 Å². The van der Waals surface area contributed by atoms with Gasteiger partial charge in [-0.1, -0.05) is 0 Å². The molecule has 6 heteroatoms. The summed E-state index contributed by atoms with van der Waals surface area (Å²) in [5.41, 5.74) is -0.988. The second-order valence-electron chi connectivity index (χ2n) is 3.35. The highest BCUT2D eigenvalue weighted by atomic mass is 19.1. The molecule has 17 heavy (non-hydrogen) atoms. The van der Waals surface area contributed by atoms with E-state index in [1.807, 2.05) is 0 Å². The van der Waals surface area contributed by atoms with Crippen molar-refractivity contribution in [1.82, 2.24) is 4.73 Å². The van der Waals surface area contributed by atoms with E-state index in [-0.39, 0.29) is 16.5 Å². The lowest BCUT2D eigenvalue weighted by Crippen LogP contribution is -2.30. The van der Waals surface area contributed by atoms with Crippen LogP contribution in [0.15, 0.2) is 29.1 Å². The predicted octanol–water partition coefficient (Wildman–Crippen LogP) is 0.897. The van der Waals surface area contributed by atoms with Gasteiger partial charge in [0.1, 0.15) is 12.9 Å². The summed E-state index contributed by atoms with van der Waals surface area (Å²) in [7, 11) is 1.18. The first-order valence-electron chi connectivity index (χ1n) is 4.67. The third kappa shape index (κ3) is 1.73. The van der Waals surface area contributed by atoms with E-state index in [1.54, 1.807) is 0 Å². The van der Waals surface area contributed by atoms with Gasteiger partial charge in [-0.2, -0.15) is 0 Å². The Hall–Kier alpha value is -2.37. The number of pyridine rings is 1. The van der Waals surface area contributed by atoms with Crippen molar-refractivity contribution >= 4 is 16.7 Å². The normalized spacial score (nSPS) is 10.5. The molecule has 0 aliphatic heterocycles. The number of hydrogen-bond acceptors (Lipinski definition) is 3. The second kappa shape index (κ2) is 3.89. The van der Waals surface area contributed by atoms with Gasteiger partial charge in [0.05, 0.1) is 5.39 Å². The highest BCUT2D eigenvalue weighted by molar-refractivity contribution is 5.92. The summed E-state index contributed by atoms with van der Waals surface area (Å²) in [4.78, 5) is 27.5. The summed E-state index contributed by atoms with van der Waals surface area (Å²) in [5, 5.41) is 9.33. The predicted molar refractivity (Wildman–Crippen MR) is 57.6 cm³/mol. The highest BCUT2D eigenvalue weighted by Gasteiger charge is 2.15. The molecule has 0 unspecified atom stereocenters. The molecule has 5 nitrogen and oxygen atoms in total. The molecule has 0 spiro atoms. The fraction of sp³-hybridized carbons (Fsp3) is 0.0909. The number of carboxylic acids is 1. The van der Waals surface area contributed by atoms with Crippen molar-refractivity contribution in [3.63, 3.8) is 0 Å². The van der Waals surface area contributed by atoms with E-state index in [9.17, 15) is 14.0 Å². The van der Waals surface area contributed by atoms with Crippen molar-refractivity contribution in [3.05, 3.63) is 46.1 Å². The van der Waals surface area contributed by atoms with Crippen molar-refractivity contribution in [2.45, 2.75) is 0 Å². The molecule has 0 atom stereocenters. The number of benzene rings is 1. The molecule has 0 amide bonds. The Kier molecular flexibility index (Phi) is 2.55. The SMILES string of the molecule is COn1c(C(=O)O)cc2cc(F)ccc2c1=O. The van der Waals surface area contributed by atoms with Gasteiger partial charge in [-0.3, -0.25) is 4.79 Å². The molecular formula is C11H8FNO4. The number of carboxylic acid groups (broad SMARTS) is 1. The minimum atomic E-state index is -1.32. The Balaban J connectivity index is 2.93. The number of halogens is 1. The lowest BCUT2D eigenvalue weighted by Gasteiger charge is -2.09. The van der Waals surface area contributed by atoms with E-state index in [0.717, 1.165) is 12.1 Å². The van der Waals surface area contributed by atoms with Gasteiger partial charge >= 0.3 is 5.97 Å². The molecule has 2 aromatic rings. The Labute approximate surface area is 94.6 Å². The first-order valence-corrected chi connectivity index (χ1v) is 4.67. The van der Waals surface area contributed by atoms with Crippen molar-refractivity contribution in [2.75, 3.05) is 7.11 Å². The maximum atomic E-state index is 13.0. The monoisotopic (exact) mass is 237 g/mol. The van der Waals surface area contributed by atoms with Gasteiger partial charge < -0.3 is 9.94 Å². The van der Waals surface area contributed by atoms with Crippen LogP contribution in [-0.4, -0.2) is 22.9 Å². The first-order chi connectivity index (χ1) is 8.04. The Morgan fingerprint density at radius 1 is 1.41 bits per heavy atom. The van der Waals surface area contributed by atoms with Crippen LogP contribution in [0.4, 0.5) is 4.39 Å². The molecular weight excluding hydrogens is 229 g/mol. The Morgan fingerprint density at radius 3 is 2.71 bits per heavy atom. The minimum absolute atomic E-state index is 0.193. The van der Waals surface area contributed by atoms with Crippen molar-refractivity contribution in [3.8, 4) is 0 Å². The number of rotatable bonds is 2. The number of aromatic nitrogens is 1. The number of hydrogen-bond donors (Lipinski definition) is 1. The van der Waals surface area contributed by atoms with Gasteiger partial charge in [-0.05, 0) is 29.7 Å². The largest absolute Gasteiger partial charge is 0.476 e. The topological polar surface area (TPSA) is 68.5 Å². The molecule has 0 radical (unpaired) electrons. The van der Waals surface area contributed by atoms with Gasteiger partial charge in [-0.15, -0.1) is 4.73 Å². The van der Waals surface area contributed by atoms with E-state index in [2.05, 4.69) is 0 Å². The summed E-state index contributed by atoms with van der Waals surface area (Å²) < 4.78 is 13.7. The molecule has 0 aliphatic carbocycles. The van der Waals surface area contributed by atoms with Gasteiger partial charge in [0.15, 0.2) is 5.69 Å². The van der Waals surface area contributed by atoms with Crippen molar-refractivity contribution < 1.29 is 19.1 Å². The summed E-state index contributed by atoms with van der Waals surface area (Å²) in [6.45, 7) is 0. The van der Waals surface area contributed by atoms with Crippen LogP contribution in [0.25, 0.3) is 10.8 Å². The van der Waals surface area contributed by atoms with Crippen LogP contribution in [0.5, 0.6) is 0 Å². The van der Waals surface area contributed by atoms with Crippen LogP contribution in [-0.2, 0) is 0 Å². The number of carbonyl (C=O) groups is 1. The zero-order valence-electron chi connectivity index (χ0n) is 8.81. The molecule has 1 heterocycles. The van der Waals surface area contributed by atoms with E-state index in [4.69, 9.17) is 9.94 Å². The zero-order valence-corrected chi connectivity index (χ0v) is 8.81. The Morgan fingerprint density at radius 2 is 2.12 bits per heavy atom. The van der Waals surface area contributed by atoms with Crippen LogP contribution in [0, 0.1) is 5.82 Å². The third-order valence-corrected chi connectivity index (χ3v) is 2.34. The van der Waals surface area contributed by atoms with Gasteiger partial charge in [0, 0.05) is 0 Å². The average Bonchev–Trinajstić information content (AvgIpc) is 2.28. The quantitative estimate of drug-likeness (QED) is 0.842. The molecule has 88 valence electrons. The number of fused-ring (bicyclic) bond motifs is 1. The molecule has 0 saturated heterocycles. The van der Waals surface area contributed by atoms with Gasteiger partial charge in [0.25, 0.3) is 5.56 Å². The third-order valence-electron chi connectivity index (χ3n) is 2.34. The summed E-state index contributed by atoms with van der Waals surface area (Å²) >= 11 is 0. The maximum Gasteiger partial charge on any atom is 0.356 e.